The highest BCUT2D eigenvalue weighted by Gasteiger charge is 2.18. The number of rotatable bonds is 7. The van der Waals surface area contributed by atoms with E-state index in [-0.39, 0.29) is 6.61 Å². The summed E-state index contributed by atoms with van der Waals surface area (Å²) in [4.78, 5) is 14.2. The quantitative estimate of drug-likeness (QED) is 0.770. The lowest BCUT2D eigenvalue weighted by Crippen LogP contribution is -2.36. The third-order valence-electron chi connectivity index (χ3n) is 4.49. The third-order valence-corrected chi connectivity index (χ3v) is 4.80. The Balaban J connectivity index is 1.81. The van der Waals surface area contributed by atoms with Gasteiger partial charge in [0.25, 0.3) is 0 Å². The summed E-state index contributed by atoms with van der Waals surface area (Å²) in [5.41, 5.74) is 0.939. The van der Waals surface area contributed by atoms with Crippen molar-refractivity contribution in [2.75, 3.05) is 32.6 Å². The number of methoxy groups -OCH3 is 1. The van der Waals surface area contributed by atoms with Gasteiger partial charge in [0.2, 0.25) is 0 Å². The SMILES string of the molecule is COc1cc(NC(=O)OCCN(C)C2CC[CH]CC2)c(Cl)cc1CO. The van der Waals surface area contributed by atoms with Crippen molar-refractivity contribution >= 4 is 23.4 Å². The van der Waals surface area contributed by atoms with Crippen LogP contribution in [0.2, 0.25) is 5.02 Å². The molecular weight excluding hydrogens is 344 g/mol. The molecule has 0 heterocycles. The average molecular weight is 370 g/mol. The lowest BCUT2D eigenvalue weighted by Gasteiger charge is -2.30. The summed E-state index contributed by atoms with van der Waals surface area (Å²) in [6.07, 6.45) is 6.39. The number of nitrogens with one attached hydrogen (secondary N) is 1. The monoisotopic (exact) mass is 369 g/mol. The summed E-state index contributed by atoms with van der Waals surface area (Å²) in [5.74, 6) is 0.455. The predicted octanol–water partition coefficient (Wildman–Crippen LogP) is 3.47. The Kier molecular flexibility index (Phi) is 7.81. The van der Waals surface area contributed by atoms with Gasteiger partial charge in [0.1, 0.15) is 12.4 Å². The zero-order valence-electron chi connectivity index (χ0n) is 14.8. The van der Waals surface area contributed by atoms with Crippen LogP contribution in [0.15, 0.2) is 12.1 Å². The Morgan fingerprint density at radius 1 is 1.40 bits per heavy atom. The normalized spacial score (nSPS) is 15.2. The number of carbonyl (C=O) groups excluding carboxylic acids is 1. The van der Waals surface area contributed by atoms with Crippen molar-refractivity contribution in [1.82, 2.24) is 4.90 Å². The standard InChI is InChI=1S/C18H26ClN2O4/c1-21(14-6-4-3-5-7-14)8-9-25-18(23)20-16-11-17(24-2)13(12-22)10-15(16)19/h3,10-11,14,22H,4-9,12H2,1-2H3,(H,20,23). The number of anilines is 1. The first kappa shape index (κ1) is 19.8. The summed E-state index contributed by atoms with van der Waals surface area (Å²) < 4.78 is 10.4. The van der Waals surface area contributed by atoms with Gasteiger partial charge in [0.05, 0.1) is 24.4 Å². The zero-order valence-corrected chi connectivity index (χ0v) is 15.5. The van der Waals surface area contributed by atoms with E-state index >= 15 is 0 Å². The lowest BCUT2D eigenvalue weighted by molar-refractivity contribution is 0.126. The van der Waals surface area contributed by atoms with Crippen LogP contribution in [-0.4, -0.2) is 49.5 Å². The Morgan fingerprint density at radius 2 is 2.12 bits per heavy atom. The van der Waals surface area contributed by atoms with Crippen LogP contribution < -0.4 is 10.1 Å². The Morgan fingerprint density at radius 3 is 2.76 bits per heavy atom. The van der Waals surface area contributed by atoms with E-state index in [1.54, 1.807) is 12.1 Å². The minimum absolute atomic E-state index is 0.196. The number of likely N-dealkylation sites (N-methyl/N-ethyl adjacent to an activating group) is 1. The molecule has 1 aliphatic carbocycles. The van der Waals surface area contributed by atoms with Crippen LogP contribution in [0.3, 0.4) is 0 Å². The van der Waals surface area contributed by atoms with Crippen LogP contribution in [0.4, 0.5) is 10.5 Å². The zero-order chi connectivity index (χ0) is 18.2. The maximum atomic E-state index is 12.0. The number of halogens is 1. The fraction of sp³-hybridized carbons (Fsp3) is 0.556. The molecule has 7 heteroatoms. The minimum Gasteiger partial charge on any atom is -0.496 e. The van der Waals surface area contributed by atoms with Gasteiger partial charge in [-0.15, -0.1) is 0 Å². The van der Waals surface area contributed by atoms with Crippen LogP contribution in [0.5, 0.6) is 5.75 Å². The number of ether oxygens (including phenoxy) is 2. The molecule has 1 amide bonds. The molecule has 2 N–H and O–H groups in total. The van der Waals surface area contributed by atoms with E-state index in [0.29, 0.717) is 41.2 Å². The molecule has 0 aliphatic heterocycles. The molecule has 139 valence electrons. The van der Waals surface area contributed by atoms with Crippen molar-refractivity contribution in [2.45, 2.75) is 38.3 Å². The molecule has 1 aromatic rings. The maximum Gasteiger partial charge on any atom is 0.411 e. The molecule has 6 nitrogen and oxygen atoms in total. The van der Waals surface area contributed by atoms with Gasteiger partial charge in [0, 0.05) is 24.2 Å². The van der Waals surface area contributed by atoms with Gasteiger partial charge >= 0.3 is 6.09 Å². The molecular formula is C18H26ClN2O4. The number of hydrogen-bond acceptors (Lipinski definition) is 5. The largest absolute Gasteiger partial charge is 0.496 e. The van der Waals surface area contributed by atoms with E-state index in [9.17, 15) is 9.90 Å². The highest BCUT2D eigenvalue weighted by molar-refractivity contribution is 6.33. The molecule has 1 radical (unpaired) electrons. The van der Waals surface area contributed by atoms with Crippen molar-refractivity contribution in [2.24, 2.45) is 0 Å². The molecule has 1 aromatic carbocycles. The summed E-state index contributed by atoms with van der Waals surface area (Å²) in [5, 5.41) is 12.2. The fourth-order valence-corrected chi connectivity index (χ4v) is 3.20. The average Bonchev–Trinajstić information content (AvgIpc) is 2.63. The van der Waals surface area contributed by atoms with Crippen LogP contribution in [0, 0.1) is 6.42 Å². The molecule has 0 saturated heterocycles. The van der Waals surface area contributed by atoms with Gasteiger partial charge in [-0.2, -0.15) is 0 Å². The van der Waals surface area contributed by atoms with Gasteiger partial charge in [0.15, 0.2) is 0 Å². The van der Waals surface area contributed by atoms with Gasteiger partial charge in [-0.25, -0.2) is 4.79 Å². The molecule has 2 rings (SSSR count). The van der Waals surface area contributed by atoms with Crippen LogP contribution in [0.25, 0.3) is 0 Å². The van der Waals surface area contributed by atoms with Crippen molar-refractivity contribution in [3.63, 3.8) is 0 Å². The van der Waals surface area contributed by atoms with E-state index in [0.717, 1.165) is 25.7 Å². The molecule has 0 unspecified atom stereocenters. The van der Waals surface area contributed by atoms with E-state index in [1.807, 2.05) is 0 Å². The highest BCUT2D eigenvalue weighted by Crippen LogP contribution is 2.31. The number of benzene rings is 1. The van der Waals surface area contributed by atoms with Gasteiger partial charge < -0.3 is 19.5 Å². The first-order chi connectivity index (χ1) is 12.0. The molecule has 1 fully saturated rings. The molecule has 25 heavy (non-hydrogen) atoms. The van der Waals surface area contributed by atoms with E-state index in [2.05, 4.69) is 23.7 Å². The van der Waals surface area contributed by atoms with Crippen molar-refractivity contribution < 1.29 is 19.4 Å². The van der Waals surface area contributed by atoms with E-state index < -0.39 is 6.09 Å². The second-order valence-electron chi connectivity index (χ2n) is 6.14. The molecule has 1 aliphatic rings. The smallest absolute Gasteiger partial charge is 0.411 e. The summed E-state index contributed by atoms with van der Waals surface area (Å²) >= 11 is 6.12. The van der Waals surface area contributed by atoms with Crippen LogP contribution >= 0.6 is 11.6 Å². The topological polar surface area (TPSA) is 71.0 Å². The Labute approximate surface area is 154 Å². The number of amides is 1. The number of aliphatic hydroxyl groups is 1. The van der Waals surface area contributed by atoms with Crippen LogP contribution in [-0.2, 0) is 11.3 Å². The highest BCUT2D eigenvalue weighted by atomic mass is 35.5. The summed E-state index contributed by atoms with van der Waals surface area (Å²) in [7, 11) is 3.55. The second kappa shape index (κ2) is 9.85. The summed E-state index contributed by atoms with van der Waals surface area (Å²) in [6, 6.07) is 3.69. The number of nitrogens with zero attached hydrogens (tertiary/aromatic N) is 1. The number of hydrogen-bond donors (Lipinski definition) is 2. The van der Waals surface area contributed by atoms with Crippen molar-refractivity contribution in [3.05, 3.63) is 29.1 Å². The van der Waals surface area contributed by atoms with Gasteiger partial charge in [-0.1, -0.05) is 11.6 Å². The number of carbonyl (C=O) groups is 1. The van der Waals surface area contributed by atoms with Crippen LogP contribution in [0.1, 0.15) is 31.2 Å². The molecule has 0 spiro atoms. The Bertz CT molecular complexity index is 576. The molecule has 1 saturated carbocycles. The van der Waals surface area contributed by atoms with Gasteiger partial charge in [-0.3, -0.25) is 5.32 Å². The van der Waals surface area contributed by atoms with Crippen molar-refractivity contribution in [3.8, 4) is 5.75 Å². The van der Waals surface area contributed by atoms with E-state index in [1.165, 1.54) is 7.11 Å². The predicted molar refractivity (Wildman–Crippen MR) is 98.1 cm³/mol. The minimum atomic E-state index is -0.564. The maximum absolute atomic E-state index is 12.0. The van der Waals surface area contributed by atoms with E-state index in [4.69, 9.17) is 21.1 Å². The summed E-state index contributed by atoms with van der Waals surface area (Å²) in [6.45, 7) is 0.809. The second-order valence-corrected chi connectivity index (χ2v) is 6.55. The molecule has 0 atom stereocenters. The molecule has 0 bridgehead atoms. The Hall–Kier alpha value is -1.50. The molecule has 0 aromatic heterocycles. The third kappa shape index (κ3) is 5.76. The first-order valence-corrected chi connectivity index (χ1v) is 8.86. The number of aliphatic hydroxyl groups excluding tert-OH is 1. The lowest BCUT2D eigenvalue weighted by atomic mass is 9.94. The first-order valence-electron chi connectivity index (χ1n) is 8.48. The van der Waals surface area contributed by atoms with Crippen molar-refractivity contribution in [1.29, 1.82) is 0 Å². The fourth-order valence-electron chi connectivity index (χ4n) is 2.96. The van der Waals surface area contributed by atoms with Gasteiger partial charge in [-0.05, 0) is 45.2 Å².